The van der Waals surface area contributed by atoms with Gasteiger partial charge in [-0.3, -0.25) is 0 Å². The van der Waals surface area contributed by atoms with Gasteiger partial charge in [-0.25, -0.2) is 0 Å². The van der Waals surface area contributed by atoms with E-state index in [0.29, 0.717) is 16.9 Å². The van der Waals surface area contributed by atoms with E-state index in [0.717, 1.165) is 22.9 Å². The molecule has 0 radical (unpaired) electrons. The fourth-order valence-corrected chi connectivity index (χ4v) is 8.05. The van der Waals surface area contributed by atoms with Crippen molar-refractivity contribution in [2.45, 2.75) is 82.7 Å². The van der Waals surface area contributed by atoms with Gasteiger partial charge in [0.25, 0.3) is 0 Å². The first-order valence-corrected chi connectivity index (χ1v) is 12.1. The molecule has 5 fully saturated rings. The van der Waals surface area contributed by atoms with Gasteiger partial charge in [-0.05, 0) is 118 Å². The van der Waals surface area contributed by atoms with Crippen molar-refractivity contribution in [2.75, 3.05) is 19.6 Å². The molecule has 4 saturated carbocycles. The number of benzene rings is 1. The van der Waals surface area contributed by atoms with Gasteiger partial charge in [-0.2, -0.15) is 0 Å². The second-order valence-electron chi connectivity index (χ2n) is 10.7. The molecular formula is C25H37ClN2. The average Bonchev–Trinajstić information content (AvgIpc) is 2.68. The fourth-order valence-electron chi connectivity index (χ4n) is 7.93. The van der Waals surface area contributed by atoms with Crippen LogP contribution in [0.15, 0.2) is 24.3 Å². The summed E-state index contributed by atoms with van der Waals surface area (Å²) in [5.41, 5.74) is 2.49. The van der Waals surface area contributed by atoms with E-state index in [4.69, 9.17) is 11.6 Å². The Morgan fingerprint density at radius 2 is 1.71 bits per heavy atom. The first-order chi connectivity index (χ1) is 13.5. The van der Waals surface area contributed by atoms with Crippen molar-refractivity contribution in [3.8, 4) is 0 Å². The summed E-state index contributed by atoms with van der Waals surface area (Å²) in [5, 5.41) is 5.02. The van der Waals surface area contributed by atoms with E-state index in [-0.39, 0.29) is 0 Å². The maximum absolute atomic E-state index is 6.21. The van der Waals surface area contributed by atoms with Crippen LogP contribution in [-0.2, 0) is 5.41 Å². The smallest absolute Gasteiger partial charge is 0.0406 e. The van der Waals surface area contributed by atoms with Crippen LogP contribution in [0, 0.1) is 17.3 Å². The maximum Gasteiger partial charge on any atom is 0.0406 e. The Kier molecular flexibility index (Phi) is 5.05. The monoisotopic (exact) mass is 400 g/mol. The van der Waals surface area contributed by atoms with Crippen LogP contribution < -0.4 is 5.32 Å². The highest BCUT2D eigenvalue weighted by Crippen LogP contribution is 2.66. The number of piperidine rings is 1. The van der Waals surface area contributed by atoms with Gasteiger partial charge in [0.05, 0.1) is 0 Å². The summed E-state index contributed by atoms with van der Waals surface area (Å²) in [7, 11) is 0. The normalized spacial score (nSPS) is 39.4. The molecule has 1 heterocycles. The Morgan fingerprint density at radius 3 is 2.32 bits per heavy atom. The quantitative estimate of drug-likeness (QED) is 0.687. The predicted molar refractivity (Wildman–Crippen MR) is 118 cm³/mol. The minimum Gasteiger partial charge on any atom is -0.311 e. The standard InChI is InChI=1S/C25H37ClN2/c1-3-28-10-8-23(9-11-28)27-18(2)24-13-19-12-20(14-24)16-25(15-19,17-24)21-4-6-22(26)7-5-21/h4-7,18-20,23,27H,3,8-17H2,1-2H3/t18-,19+,20+,24?,25?/m0/s1. The molecule has 4 bridgehead atoms. The van der Waals surface area contributed by atoms with Crippen LogP contribution in [0.5, 0.6) is 0 Å². The van der Waals surface area contributed by atoms with E-state index in [1.165, 1.54) is 71.0 Å². The molecule has 28 heavy (non-hydrogen) atoms. The van der Waals surface area contributed by atoms with Gasteiger partial charge < -0.3 is 10.2 Å². The molecule has 2 nitrogen and oxygen atoms in total. The number of hydrogen-bond donors (Lipinski definition) is 1. The summed E-state index contributed by atoms with van der Waals surface area (Å²) in [6.07, 6.45) is 11.3. The van der Waals surface area contributed by atoms with Crippen LogP contribution in [0.25, 0.3) is 0 Å². The molecule has 6 rings (SSSR count). The van der Waals surface area contributed by atoms with Crippen molar-refractivity contribution >= 4 is 11.6 Å². The molecule has 1 saturated heterocycles. The summed E-state index contributed by atoms with van der Waals surface area (Å²) < 4.78 is 0. The second kappa shape index (κ2) is 7.29. The van der Waals surface area contributed by atoms with E-state index in [1.54, 1.807) is 5.56 Å². The van der Waals surface area contributed by atoms with Crippen molar-refractivity contribution in [1.82, 2.24) is 10.2 Å². The molecule has 1 aliphatic heterocycles. The van der Waals surface area contributed by atoms with E-state index in [1.807, 2.05) is 0 Å². The highest BCUT2D eigenvalue weighted by Gasteiger charge is 2.59. The van der Waals surface area contributed by atoms with Crippen LogP contribution in [0.3, 0.4) is 0 Å². The van der Waals surface area contributed by atoms with E-state index < -0.39 is 0 Å². The average molecular weight is 401 g/mol. The molecule has 0 spiro atoms. The molecule has 1 aromatic rings. The molecule has 154 valence electrons. The Balaban J connectivity index is 1.35. The molecule has 1 aromatic carbocycles. The summed E-state index contributed by atoms with van der Waals surface area (Å²) in [6, 6.07) is 10.3. The molecular weight excluding hydrogens is 364 g/mol. The molecule has 3 heteroatoms. The lowest BCUT2D eigenvalue weighted by atomic mass is 9.41. The number of nitrogens with zero attached hydrogens (tertiary/aromatic N) is 1. The van der Waals surface area contributed by atoms with Crippen molar-refractivity contribution in [1.29, 1.82) is 0 Å². The molecule has 4 aliphatic carbocycles. The molecule has 0 unspecified atom stereocenters. The third kappa shape index (κ3) is 3.34. The summed E-state index contributed by atoms with van der Waals surface area (Å²) >= 11 is 6.21. The van der Waals surface area contributed by atoms with E-state index in [9.17, 15) is 0 Å². The number of hydrogen-bond acceptors (Lipinski definition) is 2. The van der Waals surface area contributed by atoms with Crippen molar-refractivity contribution < 1.29 is 0 Å². The van der Waals surface area contributed by atoms with Crippen molar-refractivity contribution in [3.05, 3.63) is 34.9 Å². The third-order valence-corrected chi connectivity index (χ3v) is 9.25. The fraction of sp³-hybridized carbons (Fsp3) is 0.760. The van der Waals surface area contributed by atoms with Crippen LogP contribution in [-0.4, -0.2) is 36.6 Å². The van der Waals surface area contributed by atoms with Crippen LogP contribution in [0.1, 0.15) is 70.8 Å². The molecule has 0 amide bonds. The Labute approximate surface area is 176 Å². The van der Waals surface area contributed by atoms with Gasteiger partial charge in [0.2, 0.25) is 0 Å². The minimum atomic E-state index is 0.413. The zero-order chi connectivity index (χ0) is 19.4. The Bertz CT molecular complexity index is 677. The summed E-state index contributed by atoms with van der Waals surface area (Å²) in [6.45, 7) is 8.57. The van der Waals surface area contributed by atoms with E-state index >= 15 is 0 Å². The highest BCUT2D eigenvalue weighted by atomic mass is 35.5. The zero-order valence-corrected chi connectivity index (χ0v) is 18.5. The van der Waals surface area contributed by atoms with Gasteiger partial charge in [0.1, 0.15) is 0 Å². The number of halogens is 1. The lowest BCUT2D eigenvalue weighted by Gasteiger charge is -2.64. The Hall–Kier alpha value is -0.570. The molecule has 0 aromatic heterocycles. The van der Waals surface area contributed by atoms with Gasteiger partial charge in [0.15, 0.2) is 0 Å². The first kappa shape index (κ1) is 19.4. The largest absolute Gasteiger partial charge is 0.311 e. The number of likely N-dealkylation sites (tertiary alicyclic amines) is 1. The molecule has 1 N–H and O–H groups in total. The van der Waals surface area contributed by atoms with Gasteiger partial charge in [-0.15, -0.1) is 0 Å². The predicted octanol–water partition coefficient (Wildman–Crippen LogP) is 5.64. The van der Waals surface area contributed by atoms with Gasteiger partial charge >= 0.3 is 0 Å². The van der Waals surface area contributed by atoms with Crippen molar-refractivity contribution in [3.63, 3.8) is 0 Å². The summed E-state index contributed by atoms with van der Waals surface area (Å²) in [5.74, 6) is 1.87. The third-order valence-electron chi connectivity index (χ3n) is 9.00. The minimum absolute atomic E-state index is 0.413. The highest BCUT2D eigenvalue weighted by molar-refractivity contribution is 6.30. The number of nitrogens with one attached hydrogen (secondary N) is 1. The SMILES string of the molecule is CCN1CCC(N[C@@H](C)C23C[C@H]4C[C@@H](CC(c5ccc(Cl)cc5)(C4)C2)C3)CC1. The lowest BCUT2D eigenvalue weighted by Crippen LogP contribution is -2.61. The lowest BCUT2D eigenvalue weighted by molar-refractivity contribution is -0.0903. The number of rotatable bonds is 5. The van der Waals surface area contributed by atoms with Crippen LogP contribution in [0.4, 0.5) is 0 Å². The second-order valence-corrected chi connectivity index (χ2v) is 11.1. The summed E-state index contributed by atoms with van der Waals surface area (Å²) in [4.78, 5) is 2.60. The Morgan fingerprint density at radius 1 is 1.07 bits per heavy atom. The van der Waals surface area contributed by atoms with Crippen molar-refractivity contribution in [2.24, 2.45) is 17.3 Å². The van der Waals surface area contributed by atoms with Crippen LogP contribution in [0.2, 0.25) is 5.02 Å². The maximum atomic E-state index is 6.21. The van der Waals surface area contributed by atoms with E-state index in [2.05, 4.69) is 48.3 Å². The first-order valence-electron chi connectivity index (χ1n) is 11.7. The topological polar surface area (TPSA) is 15.3 Å². The van der Waals surface area contributed by atoms with Gasteiger partial charge in [0, 0.05) is 17.1 Å². The molecule has 3 atom stereocenters. The van der Waals surface area contributed by atoms with Crippen LogP contribution >= 0.6 is 11.6 Å². The zero-order valence-electron chi connectivity index (χ0n) is 17.7. The van der Waals surface area contributed by atoms with Gasteiger partial charge in [-0.1, -0.05) is 30.7 Å². The molecule has 5 aliphatic rings.